The molecule has 0 bridgehead atoms. The first kappa shape index (κ1) is 26.9. The number of hydrogen-bond donors (Lipinski definition) is 4. The maximum absolute atomic E-state index is 13.2. The van der Waals surface area contributed by atoms with Crippen molar-refractivity contribution in [3.63, 3.8) is 0 Å². The van der Waals surface area contributed by atoms with Crippen LogP contribution in [0.2, 0.25) is 0 Å². The largest absolute Gasteiger partial charge is 0.395 e. The third-order valence-corrected chi connectivity index (χ3v) is 5.17. The number of nitrogens with zero attached hydrogens (tertiary/aromatic N) is 2. The van der Waals surface area contributed by atoms with E-state index in [0.717, 1.165) is 0 Å². The molecule has 2 aliphatic heterocycles. The fraction of sp³-hybridized carbons (Fsp3) is 0.900. The zero-order valence-corrected chi connectivity index (χ0v) is 19.1. The van der Waals surface area contributed by atoms with Crippen LogP contribution in [0.3, 0.4) is 0 Å². The Kier molecular flexibility index (Phi) is 9.37. The summed E-state index contributed by atoms with van der Waals surface area (Å²) in [6.07, 6.45) is -4.41. The van der Waals surface area contributed by atoms with Crippen LogP contribution in [-0.4, -0.2) is 131 Å². The van der Waals surface area contributed by atoms with E-state index in [4.69, 9.17) is 18.9 Å². The Balaban J connectivity index is 2.35. The second-order valence-electron chi connectivity index (χ2n) is 8.59. The van der Waals surface area contributed by atoms with E-state index in [-0.39, 0.29) is 52.6 Å². The molecule has 0 saturated carbocycles. The van der Waals surface area contributed by atoms with Crippen molar-refractivity contribution in [2.75, 3.05) is 52.6 Å². The van der Waals surface area contributed by atoms with Crippen molar-refractivity contribution < 1.29 is 49.0 Å². The number of ether oxygens (including phenoxy) is 4. The third-order valence-electron chi connectivity index (χ3n) is 5.17. The maximum atomic E-state index is 13.2. The molecule has 0 aromatic carbocycles. The molecular weight excluding hydrogens is 428 g/mol. The lowest BCUT2D eigenvalue weighted by Gasteiger charge is -2.30. The smallest absolute Gasteiger partial charge is 0.254 e. The number of aliphatic hydroxyl groups is 4. The lowest BCUT2D eigenvalue weighted by molar-refractivity contribution is -0.176. The normalized spacial score (nSPS) is 28.6. The Morgan fingerprint density at radius 2 is 0.906 bits per heavy atom. The summed E-state index contributed by atoms with van der Waals surface area (Å²) < 4.78 is 23.6. The highest BCUT2D eigenvalue weighted by Crippen LogP contribution is 2.39. The second kappa shape index (κ2) is 11.2. The van der Waals surface area contributed by atoms with Gasteiger partial charge in [0.15, 0.2) is 23.8 Å². The van der Waals surface area contributed by atoms with Crippen molar-refractivity contribution >= 4 is 11.8 Å². The van der Waals surface area contributed by atoms with E-state index >= 15 is 0 Å². The van der Waals surface area contributed by atoms with E-state index < -0.39 is 47.8 Å². The van der Waals surface area contributed by atoms with Crippen LogP contribution in [0.25, 0.3) is 0 Å². The molecule has 2 amide bonds. The average Bonchev–Trinajstić information content (AvgIpc) is 3.21. The first-order chi connectivity index (χ1) is 15.0. The molecule has 4 atom stereocenters. The predicted octanol–water partition coefficient (Wildman–Crippen LogP) is -2.35. The molecule has 12 nitrogen and oxygen atoms in total. The topological polar surface area (TPSA) is 158 Å². The quantitative estimate of drug-likeness (QED) is 0.261. The molecule has 2 saturated heterocycles. The summed E-state index contributed by atoms with van der Waals surface area (Å²) in [6, 6.07) is 0. The number of rotatable bonds is 11. The zero-order chi connectivity index (χ0) is 24.1. The molecule has 32 heavy (non-hydrogen) atoms. The lowest BCUT2D eigenvalue weighted by Crippen LogP contribution is -2.54. The van der Waals surface area contributed by atoms with Crippen molar-refractivity contribution in [2.45, 2.75) is 63.7 Å². The molecule has 0 spiro atoms. The summed E-state index contributed by atoms with van der Waals surface area (Å²) in [5, 5.41) is 37.2. The lowest BCUT2D eigenvalue weighted by atomic mass is 10.0. The van der Waals surface area contributed by atoms with Gasteiger partial charge in [-0.3, -0.25) is 9.59 Å². The van der Waals surface area contributed by atoms with Gasteiger partial charge in [0.05, 0.1) is 26.4 Å². The highest BCUT2D eigenvalue weighted by molar-refractivity contribution is 5.84. The van der Waals surface area contributed by atoms with Crippen LogP contribution in [0.1, 0.15) is 27.7 Å². The zero-order valence-electron chi connectivity index (χ0n) is 19.1. The first-order valence-electron chi connectivity index (χ1n) is 10.7. The van der Waals surface area contributed by atoms with Gasteiger partial charge in [-0.1, -0.05) is 0 Å². The summed E-state index contributed by atoms with van der Waals surface area (Å²) in [7, 11) is 0. The van der Waals surface area contributed by atoms with Gasteiger partial charge >= 0.3 is 0 Å². The molecule has 12 heteroatoms. The highest BCUT2D eigenvalue weighted by atomic mass is 16.8. The van der Waals surface area contributed by atoms with Crippen LogP contribution in [0.5, 0.6) is 0 Å². The Morgan fingerprint density at radius 1 is 0.625 bits per heavy atom. The van der Waals surface area contributed by atoms with Crippen molar-refractivity contribution in [3.05, 3.63) is 0 Å². The highest BCUT2D eigenvalue weighted by Gasteiger charge is 2.58. The number of amides is 2. The van der Waals surface area contributed by atoms with Gasteiger partial charge < -0.3 is 49.2 Å². The van der Waals surface area contributed by atoms with Gasteiger partial charge in [-0.05, 0) is 27.7 Å². The Hall–Kier alpha value is -1.38. The molecule has 0 aromatic heterocycles. The summed E-state index contributed by atoms with van der Waals surface area (Å²) in [5.41, 5.74) is 0. The number of aliphatic hydroxyl groups excluding tert-OH is 4. The maximum Gasteiger partial charge on any atom is 0.254 e. The van der Waals surface area contributed by atoms with Crippen LogP contribution in [0.15, 0.2) is 0 Å². The van der Waals surface area contributed by atoms with Gasteiger partial charge in [-0.2, -0.15) is 0 Å². The molecule has 4 N–H and O–H groups in total. The third kappa shape index (κ3) is 6.35. The molecule has 2 fully saturated rings. The minimum Gasteiger partial charge on any atom is -0.395 e. The monoisotopic (exact) mass is 464 g/mol. The van der Waals surface area contributed by atoms with E-state index in [1.54, 1.807) is 27.7 Å². The summed E-state index contributed by atoms with van der Waals surface area (Å²) >= 11 is 0. The van der Waals surface area contributed by atoms with E-state index in [0.29, 0.717) is 0 Å². The van der Waals surface area contributed by atoms with E-state index in [9.17, 15) is 30.0 Å². The Labute approximate surface area is 187 Å². The van der Waals surface area contributed by atoms with Crippen molar-refractivity contribution in [2.24, 2.45) is 0 Å². The molecular formula is C20H36N2O10. The molecule has 0 aromatic rings. The fourth-order valence-corrected chi connectivity index (χ4v) is 3.95. The molecule has 0 aliphatic carbocycles. The fourth-order valence-electron chi connectivity index (χ4n) is 3.95. The minimum atomic E-state index is -1.18. The first-order valence-corrected chi connectivity index (χ1v) is 10.7. The number of carbonyl (C=O) groups excluding carboxylic acids is 2. The van der Waals surface area contributed by atoms with Crippen LogP contribution in [0, 0.1) is 0 Å². The van der Waals surface area contributed by atoms with Gasteiger partial charge in [0.25, 0.3) is 11.8 Å². The number of hydrogen-bond acceptors (Lipinski definition) is 10. The molecule has 2 aliphatic rings. The van der Waals surface area contributed by atoms with Gasteiger partial charge in [0.2, 0.25) is 0 Å². The van der Waals surface area contributed by atoms with E-state index in [1.807, 2.05) is 0 Å². The van der Waals surface area contributed by atoms with Crippen molar-refractivity contribution in [1.82, 2.24) is 9.80 Å². The SMILES string of the molecule is CC1(C)OC(C(=O)N(CCO)CCO)[C@H](C2OC(C)(C)O[C@@H]2C(=O)N(CCO)CCO)O1. The summed E-state index contributed by atoms with van der Waals surface area (Å²) in [6.45, 7) is 5.23. The molecule has 2 heterocycles. The van der Waals surface area contributed by atoms with Crippen LogP contribution >= 0.6 is 0 Å². The van der Waals surface area contributed by atoms with Crippen molar-refractivity contribution in [3.8, 4) is 0 Å². The molecule has 2 rings (SSSR count). The van der Waals surface area contributed by atoms with Crippen LogP contribution in [0.4, 0.5) is 0 Å². The van der Waals surface area contributed by atoms with E-state index in [2.05, 4.69) is 0 Å². The van der Waals surface area contributed by atoms with Gasteiger partial charge in [0.1, 0.15) is 12.2 Å². The van der Waals surface area contributed by atoms with Crippen molar-refractivity contribution in [1.29, 1.82) is 0 Å². The molecule has 0 radical (unpaired) electrons. The minimum absolute atomic E-state index is 0.0109. The van der Waals surface area contributed by atoms with E-state index in [1.165, 1.54) is 9.80 Å². The number of carbonyl (C=O) groups is 2. The predicted molar refractivity (Wildman–Crippen MR) is 109 cm³/mol. The van der Waals surface area contributed by atoms with Gasteiger partial charge in [-0.15, -0.1) is 0 Å². The Bertz CT molecular complexity index is 578. The Morgan fingerprint density at radius 3 is 1.16 bits per heavy atom. The van der Waals surface area contributed by atoms with Crippen LogP contribution < -0.4 is 0 Å². The summed E-state index contributed by atoms with van der Waals surface area (Å²) in [5.74, 6) is -3.39. The average molecular weight is 465 g/mol. The van der Waals surface area contributed by atoms with Gasteiger partial charge in [-0.25, -0.2) is 0 Å². The second-order valence-corrected chi connectivity index (χ2v) is 8.59. The molecule has 186 valence electrons. The standard InChI is InChI=1S/C20H36N2O10/c1-19(2)29-13(15(31-19)17(27)21(5-9-23)6-10-24)14-16(32-20(3,4)30-14)18(28)22(7-11-25)8-12-26/h13-16,23-26H,5-12H2,1-4H3/t13-,14?,15?,16-/m0/s1. The summed E-state index contributed by atoms with van der Waals surface area (Å²) in [4.78, 5) is 28.9. The van der Waals surface area contributed by atoms with Crippen LogP contribution in [-0.2, 0) is 28.5 Å². The van der Waals surface area contributed by atoms with Gasteiger partial charge in [0, 0.05) is 26.2 Å². The molecule has 2 unspecified atom stereocenters.